The molecule has 1 aromatic carbocycles. The summed E-state index contributed by atoms with van der Waals surface area (Å²) in [5, 5.41) is 10.7. The van der Waals surface area contributed by atoms with Crippen molar-refractivity contribution in [3.05, 3.63) is 59.9 Å². The molecular formula is C20H29IN6O. The van der Waals surface area contributed by atoms with Crippen LogP contribution < -0.4 is 10.6 Å². The molecule has 0 saturated heterocycles. The van der Waals surface area contributed by atoms with E-state index < -0.39 is 0 Å². The molecular weight excluding hydrogens is 467 g/mol. The van der Waals surface area contributed by atoms with Crippen LogP contribution in [0.2, 0.25) is 0 Å². The van der Waals surface area contributed by atoms with Gasteiger partial charge in [0.1, 0.15) is 0 Å². The number of guanidine groups is 1. The molecule has 2 rings (SSSR count). The van der Waals surface area contributed by atoms with Crippen molar-refractivity contribution < 1.29 is 4.79 Å². The molecule has 0 fully saturated rings. The molecule has 2 N–H and O–H groups in total. The van der Waals surface area contributed by atoms with Crippen LogP contribution in [0.3, 0.4) is 0 Å². The molecule has 7 nitrogen and oxygen atoms in total. The molecule has 152 valence electrons. The molecule has 0 bridgehead atoms. The number of amides is 1. The summed E-state index contributed by atoms with van der Waals surface area (Å²) in [5.41, 5.74) is 3.96. The third-order valence-electron chi connectivity index (χ3n) is 3.83. The van der Waals surface area contributed by atoms with Gasteiger partial charge in [-0.05, 0) is 31.5 Å². The first kappa shape index (κ1) is 23.7. The van der Waals surface area contributed by atoms with Gasteiger partial charge in [-0.25, -0.2) is 9.67 Å². The summed E-state index contributed by atoms with van der Waals surface area (Å²) < 4.78 is 1.85. The third kappa shape index (κ3) is 7.34. The number of nitrogens with one attached hydrogen (secondary N) is 2. The number of carbonyl (C=O) groups is 1. The molecule has 0 unspecified atom stereocenters. The van der Waals surface area contributed by atoms with Gasteiger partial charge in [-0.1, -0.05) is 30.4 Å². The van der Waals surface area contributed by atoms with E-state index in [9.17, 15) is 4.79 Å². The largest absolute Gasteiger partial charge is 0.353 e. The summed E-state index contributed by atoms with van der Waals surface area (Å²) >= 11 is 0. The summed E-state index contributed by atoms with van der Waals surface area (Å²) in [6, 6.07) is 9.97. The van der Waals surface area contributed by atoms with Crippen LogP contribution in [-0.4, -0.2) is 53.7 Å². The predicted octanol–water partition coefficient (Wildman–Crippen LogP) is 2.50. The van der Waals surface area contributed by atoms with E-state index in [1.165, 1.54) is 0 Å². The molecule has 0 radical (unpaired) electrons. The number of carbonyl (C=O) groups excluding carboxylic acids is 1. The molecule has 0 aliphatic carbocycles. The molecule has 2 aromatic rings. The van der Waals surface area contributed by atoms with Crippen LogP contribution in [0.1, 0.15) is 18.2 Å². The second-order valence-electron chi connectivity index (χ2n) is 6.65. The Kier molecular flexibility index (Phi) is 9.70. The fraction of sp³-hybridized carbons (Fsp3) is 0.350. The summed E-state index contributed by atoms with van der Waals surface area (Å²) in [5.74, 6) is 0.548. The second kappa shape index (κ2) is 11.5. The summed E-state index contributed by atoms with van der Waals surface area (Å²) in [7, 11) is 3.45. The first-order chi connectivity index (χ1) is 12.9. The number of benzene rings is 1. The van der Waals surface area contributed by atoms with E-state index >= 15 is 0 Å². The van der Waals surface area contributed by atoms with Crippen LogP contribution in [0.25, 0.3) is 5.69 Å². The minimum Gasteiger partial charge on any atom is -0.353 e. The molecule has 0 atom stereocenters. The van der Waals surface area contributed by atoms with Gasteiger partial charge in [-0.15, -0.1) is 24.0 Å². The van der Waals surface area contributed by atoms with Gasteiger partial charge in [0.05, 0.1) is 24.5 Å². The van der Waals surface area contributed by atoms with Gasteiger partial charge in [0.2, 0.25) is 5.91 Å². The van der Waals surface area contributed by atoms with Gasteiger partial charge in [0, 0.05) is 26.8 Å². The number of hydrogen-bond donors (Lipinski definition) is 2. The highest BCUT2D eigenvalue weighted by atomic mass is 127. The van der Waals surface area contributed by atoms with Gasteiger partial charge in [0.25, 0.3) is 0 Å². The monoisotopic (exact) mass is 496 g/mol. The number of aromatic nitrogens is 2. The van der Waals surface area contributed by atoms with Crippen molar-refractivity contribution >= 4 is 35.8 Å². The second-order valence-corrected chi connectivity index (χ2v) is 6.65. The Morgan fingerprint density at radius 2 is 1.89 bits per heavy atom. The molecule has 0 spiro atoms. The smallest absolute Gasteiger partial charge is 0.241 e. The lowest BCUT2D eigenvalue weighted by molar-refractivity contribution is -0.127. The van der Waals surface area contributed by atoms with Crippen molar-refractivity contribution in [3.8, 4) is 5.69 Å². The fourth-order valence-corrected chi connectivity index (χ4v) is 2.31. The Labute approximate surface area is 183 Å². The van der Waals surface area contributed by atoms with Gasteiger partial charge >= 0.3 is 0 Å². The van der Waals surface area contributed by atoms with Crippen molar-refractivity contribution in [3.63, 3.8) is 0 Å². The zero-order valence-corrected chi connectivity index (χ0v) is 19.2. The summed E-state index contributed by atoms with van der Waals surface area (Å²) in [4.78, 5) is 18.0. The van der Waals surface area contributed by atoms with E-state index in [4.69, 9.17) is 0 Å². The molecule has 0 saturated carbocycles. The Morgan fingerprint density at radius 1 is 1.21 bits per heavy atom. The predicted molar refractivity (Wildman–Crippen MR) is 124 cm³/mol. The Bertz CT molecular complexity index is 828. The maximum atomic E-state index is 11.9. The molecule has 1 aromatic heterocycles. The van der Waals surface area contributed by atoms with Crippen LogP contribution in [0.5, 0.6) is 0 Å². The lowest BCUT2D eigenvalue weighted by Crippen LogP contribution is -2.43. The number of aryl methyl sites for hydroxylation is 1. The van der Waals surface area contributed by atoms with E-state index in [1.54, 1.807) is 19.0 Å². The zero-order chi connectivity index (χ0) is 19.8. The van der Waals surface area contributed by atoms with Gasteiger partial charge in [-0.2, -0.15) is 5.10 Å². The first-order valence-corrected chi connectivity index (χ1v) is 8.84. The number of aliphatic imine (C=N–C) groups is 1. The van der Waals surface area contributed by atoms with Crippen LogP contribution in [0.15, 0.2) is 53.7 Å². The van der Waals surface area contributed by atoms with Crippen LogP contribution in [-0.2, 0) is 11.3 Å². The average Bonchev–Trinajstić information content (AvgIpc) is 3.07. The number of likely N-dealkylation sites (N-methyl/N-ethyl adjacent to an activating group) is 1. The normalized spacial score (nSPS) is 10.8. The zero-order valence-electron chi connectivity index (χ0n) is 16.9. The maximum absolute atomic E-state index is 11.9. The first-order valence-electron chi connectivity index (χ1n) is 8.84. The Hall–Kier alpha value is -2.36. The standard InChI is InChI=1S/C20H28N6O.HI/c1-15(2)12-21-20(23-14-19(27)25(4)5)22-13-17-8-6-7-9-18(17)26-11-10-16(3)24-26;/h6-11H,1,12-14H2,2-5H3,(H2,21,22,23);1H. The topological polar surface area (TPSA) is 74.5 Å². The van der Waals surface area contributed by atoms with E-state index in [1.807, 2.05) is 55.1 Å². The summed E-state index contributed by atoms with van der Waals surface area (Å²) in [6.07, 6.45) is 1.94. The van der Waals surface area contributed by atoms with Crippen LogP contribution in [0, 0.1) is 6.92 Å². The number of para-hydroxylation sites is 1. The van der Waals surface area contributed by atoms with Crippen molar-refractivity contribution in [1.82, 2.24) is 25.3 Å². The third-order valence-corrected chi connectivity index (χ3v) is 3.83. The number of halogens is 1. The molecule has 0 aliphatic rings. The Balaban J connectivity index is 0.00000392. The molecule has 28 heavy (non-hydrogen) atoms. The van der Waals surface area contributed by atoms with E-state index in [2.05, 4.69) is 27.3 Å². The van der Waals surface area contributed by atoms with Crippen molar-refractivity contribution in [1.29, 1.82) is 0 Å². The van der Waals surface area contributed by atoms with Crippen LogP contribution >= 0.6 is 24.0 Å². The minimum atomic E-state index is -0.0211. The van der Waals surface area contributed by atoms with E-state index in [0.717, 1.165) is 22.5 Å². The lowest BCUT2D eigenvalue weighted by atomic mass is 10.2. The lowest BCUT2D eigenvalue weighted by Gasteiger charge is -2.15. The minimum absolute atomic E-state index is 0. The molecule has 0 aliphatic heterocycles. The SMILES string of the molecule is C=C(C)CNC(=NCc1ccccc1-n1ccc(C)n1)NCC(=O)N(C)C.I. The number of rotatable bonds is 7. The summed E-state index contributed by atoms with van der Waals surface area (Å²) in [6.45, 7) is 9.01. The van der Waals surface area contributed by atoms with Crippen molar-refractivity contribution in [2.24, 2.45) is 4.99 Å². The number of hydrogen-bond acceptors (Lipinski definition) is 3. The maximum Gasteiger partial charge on any atom is 0.241 e. The van der Waals surface area contributed by atoms with Gasteiger partial charge < -0.3 is 15.5 Å². The molecule has 8 heteroatoms. The molecule has 1 amide bonds. The van der Waals surface area contributed by atoms with Gasteiger partial charge in [-0.3, -0.25) is 4.79 Å². The quantitative estimate of drug-likeness (QED) is 0.268. The Morgan fingerprint density at radius 3 is 2.50 bits per heavy atom. The van der Waals surface area contributed by atoms with E-state index in [0.29, 0.717) is 19.0 Å². The van der Waals surface area contributed by atoms with E-state index in [-0.39, 0.29) is 36.4 Å². The highest BCUT2D eigenvalue weighted by Crippen LogP contribution is 2.15. The van der Waals surface area contributed by atoms with Crippen molar-refractivity contribution in [2.45, 2.75) is 20.4 Å². The highest BCUT2D eigenvalue weighted by molar-refractivity contribution is 14.0. The highest BCUT2D eigenvalue weighted by Gasteiger charge is 2.08. The average molecular weight is 496 g/mol. The van der Waals surface area contributed by atoms with Gasteiger partial charge in [0.15, 0.2) is 5.96 Å². The number of nitrogens with zero attached hydrogens (tertiary/aromatic N) is 4. The van der Waals surface area contributed by atoms with Crippen molar-refractivity contribution in [2.75, 3.05) is 27.2 Å². The molecule has 1 heterocycles. The fourth-order valence-electron chi connectivity index (χ4n) is 2.31. The van der Waals surface area contributed by atoms with Crippen LogP contribution in [0.4, 0.5) is 0 Å².